The molecule has 2 fully saturated rings. The van der Waals surface area contributed by atoms with Crippen LogP contribution in [-0.4, -0.2) is 23.6 Å². The van der Waals surface area contributed by atoms with Gasteiger partial charge in [-0.25, -0.2) is 0 Å². The summed E-state index contributed by atoms with van der Waals surface area (Å²) in [5.74, 6) is 2.49. The Hall–Kier alpha value is 0.310. The molecule has 0 aromatic heterocycles. The lowest BCUT2D eigenvalue weighted by atomic mass is 10.1. The summed E-state index contributed by atoms with van der Waals surface area (Å²) in [5.41, 5.74) is 0. The largest absolute Gasteiger partial charge is 0.313 e. The van der Waals surface area contributed by atoms with Gasteiger partial charge in [-0.15, -0.1) is 0 Å². The van der Waals surface area contributed by atoms with Gasteiger partial charge in [0.1, 0.15) is 0 Å². The van der Waals surface area contributed by atoms with Gasteiger partial charge >= 0.3 is 0 Å². The Labute approximate surface area is 105 Å². The molecule has 0 aliphatic heterocycles. The number of hydrogen-bond donors (Lipinski definition) is 1. The minimum absolute atomic E-state index is 0.825. The summed E-state index contributed by atoms with van der Waals surface area (Å²) in [7, 11) is 0. The van der Waals surface area contributed by atoms with Crippen LogP contribution >= 0.6 is 11.8 Å². The van der Waals surface area contributed by atoms with Crippen molar-refractivity contribution in [2.24, 2.45) is 5.92 Å². The smallest absolute Gasteiger partial charge is 0.0201 e. The molecule has 0 bridgehead atoms. The molecule has 94 valence electrons. The molecule has 2 rings (SSSR count). The van der Waals surface area contributed by atoms with E-state index in [4.69, 9.17) is 0 Å². The Morgan fingerprint density at radius 3 is 2.62 bits per heavy atom. The van der Waals surface area contributed by atoms with E-state index in [-0.39, 0.29) is 0 Å². The maximum absolute atomic E-state index is 3.74. The molecule has 0 saturated heterocycles. The standard InChI is InChI=1S/C14H27NS/c1-2-10-15-13-8-5-9-14(13)16-11-12-6-3-4-7-12/h12-15H,2-11H2,1H3. The molecule has 2 saturated carbocycles. The average Bonchev–Trinajstić information content (AvgIpc) is 2.94. The molecule has 0 aromatic rings. The van der Waals surface area contributed by atoms with Crippen LogP contribution in [0, 0.1) is 5.92 Å². The molecule has 2 aliphatic carbocycles. The van der Waals surface area contributed by atoms with Gasteiger partial charge in [0.05, 0.1) is 0 Å². The zero-order valence-electron chi connectivity index (χ0n) is 10.7. The number of nitrogens with one attached hydrogen (secondary N) is 1. The minimum Gasteiger partial charge on any atom is -0.313 e. The number of thioether (sulfide) groups is 1. The van der Waals surface area contributed by atoms with Gasteiger partial charge in [-0.1, -0.05) is 26.2 Å². The topological polar surface area (TPSA) is 12.0 Å². The molecule has 2 heteroatoms. The first-order valence-electron chi connectivity index (χ1n) is 7.25. The predicted molar refractivity (Wildman–Crippen MR) is 74.1 cm³/mol. The third kappa shape index (κ3) is 3.66. The second-order valence-corrected chi connectivity index (χ2v) is 6.79. The Morgan fingerprint density at radius 1 is 1.06 bits per heavy atom. The van der Waals surface area contributed by atoms with Crippen LogP contribution in [0.2, 0.25) is 0 Å². The monoisotopic (exact) mass is 241 g/mol. The third-order valence-corrected chi connectivity index (χ3v) is 5.79. The highest BCUT2D eigenvalue weighted by Crippen LogP contribution is 2.35. The van der Waals surface area contributed by atoms with E-state index < -0.39 is 0 Å². The van der Waals surface area contributed by atoms with Gasteiger partial charge in [0.25, 0.3) is 0 Å². The van der Waals surface area contributed by atoms with Crippen molar-refractivity contribution in [3.05, 3.63) is 0 Å². The first-order valence-corrected chi connectivity index (χ1v) is 8.30. The van der Waals surface area contributed by atoms with E-state index in [0.29, 0.717) is 0 Å². The first-order chi connectivity index (χ1) is 7.90. The highest BCUT2D eigenvalue weighted by molar-refractivity contribution is 7.99. The van der Waals surface area contributed by atoms with Gasteiger partial charge in [-0.05, 0) is 50.3 Å². The first kappa shape index (κ1) is 12.8. The number of rotatable bonds is 6. The van der Waals surface area contributed by atoms with E-state index in [1.54, 1.807) is 0 Å². The lowest BCUT2D eigenvalue weighted by molar-refractivity contribution is 0.529. The minimum atomic E-state index is 0.825. The van der Waals surface area contributed by atoms with E-state index in [1.165, 1.54) is 63.7 Å². The molecule has 2 aliphatic rings. The molecule has 1 nitrogen and oxygen atoms in total. The van der Waals surface area contributed by atoms with Gasteiger partial charge in [0, 0.05) is 11.3 Å². The Morgan fingerprint density at radius 2 is 1.88 bits per heavy atom. The van der Waals surface area contributed by atoms with Crippen molar-refractivity contribution in [3.8, 4) is 0 Å². The molecule has 2 unspecified atom stereocenters. The summed E-state index contributed by atoms with van der Waals surface area (Å²) in [6, 6.07) is 0.825. The van der Waals surface area contributed by atoms with E-state index in [0.717, 1.165) is 17.2 Å². The second kappa shape index (κ2) is 6.90. The molecule has 1 N–H and O–H groups in total. The molecular weight excluding hydrogens is 214 g/mol. The molecule has 0 heterocycles. The van der Waals surface area contributed by atoms with E-state index in [9.17, 15) is 0 Å². The molecular formula is C14H27NS. The van der Waals surface area contributed by atoms with Crippen LogP contribution in [0.1, 0.15) is 58.3 Å². The van der Waals surface area contributed by atoms with Gasteiger partial charge in [-0.2, -0.15) is 11.8 Å². The van der Waals surface area contributed by atoms with Crippen molar-refractivity contribution in [2.45, 2.75) is 69.6 Å². The zero-order chi connectivity index (χ0) is 11.2. The lowest BCUT2D eigenvalue weighted by Crippen LogP contribution is -2.34. The second-order valence-electron chi connectivity index (χ2n) is 5.51. The van der Waals surface area contributed by atoms with Crippen LogP contribution in [0.4, 0.5) is 0 Å². The van der Waals surface area contributed by atoms with Crippen LogP contribution < -0.4 is 5.32 Å². The van der Waals surface area contributed by atoms with Gasteiger partial charge < -0.3 is 5.32 Å². The van der Waals surface area contributed by atoms with Crippen molar-refractivity contribution in [1.82, 2.24) is 5.32 Å². The van der Waals surface area contributed by atoms with Crippen molar-refractivity contribution in [1.29, 1.82) is 0 Å². The fraction of sp³-hybridized carbons (Fsp3) is 1.00. The van der Waals surface area contributed by atoms with Gasteiger partial charge in [0.15, 0.2) is 0 Å². The summed E-state index contributed by atoms with van der Waals surface area (Å²) in [6.07, 6.45) is 11.6. The summed E-state index contributed by atoms with van der Waals surface area (Å²) in [6.45, 7) is 3.48. The van der Waals surface area contributed by atoms with E-state index in [2.05, 4.69) is 24.0 Å². The fourth-order valence-corrected chi connectivity index (χ4v) is 4.78. The van der Waals surface area contributed by atoms with Crippen molar-refractivity contribution in [3.63, 3.8) is 0 Å². The number of hydrogen-bond acceptors (Lipinski definition) is 2. The predicted octanol–water partition coefficient (Wildman–Crippen LogP) is 3.83. The van der Waals surface area contributed by atoms with Crippen LogP contribution in [0.3, 0.4) is 0 Å². The molecule has 0 amide bonds. The third-order valence-electron chi connectivity index (χ3n) is 4.13. The van der Waals surface area contributed by atoms with Crippen molar-refractivity contribution >= 4 is 11.8 Å². The zero-order valence-corrected chi connectivity index (χ0v) is 11.5. The quantitative estimate of drug-likeness (QED) is 0.758. The van der Waals surface area contributed by atoms with Crippen molar-refractivity contribution < 1.29 is 0 Å². The molecule has 0 spiro atoms. The lowest BCUT2D eigenvalue weighted by Gasteiger charge is -2.21. The Balaban J connectivity index is 1.66. The summed E-state index contributed by atoms with van der Waals surface area (Å²) < 4.78 is 0. The fourth-order valence-electron chi connectivity index (χ4n) is 3.13. The Bertz CT molecular complexity index is 189. The summed E-state index contributed by atoms with van der Waals surface area (Å²) in [4.78, 5) is 0. The summed E-state index contributed by atoms with van der Waals surface area (Å²) in [5, 5.41) is 4.66. The van der Waals surface area contributed by atoms with E-state index in [1.807, 2.05) is 0 Å². The molecule has 16 heavy (non-hydrogen) atoms. The van der Waals surface area contributed by atoms with Crippen LogP contribution in [0.25, 0.3) is 0 Å². The van der Waals surface area contributed by atoms with Gasteiger partial charge in [0.2, 0.25) is 0 Å². The highest BCUT2D eigenvalue weighted by Gasteiger charge is 2.28. The molecule has 0 aromatic carbocycles. The van der Waals surface area contributed by atoms with Crippen LogP contribution in [0.5, 0.6) is 0 Å². The van der Waals surface area contributed by atoms with E-state index >= 15 is 0 Å². The molecule has 2 atom stereocenters. The normalized spacial score (nSPS) is 31.3. The SMILES string of the molecule is CCCNC1CCCC1SCC1CCCC1. The summed E-state index contributed by atoms with van der Waals surface area (Å²) >= 11 is 2.28. The van der Waals surface area contributed by atoms with Gasteiger partial charge in [-0.3, -0.25) is 0 Å². The van der Waals surface area contributed by atoms with Crippen LogP contribution in [0.15, 0.2) is 0 Å². The maximum atomic E-state index is 3.74. The maximum Gasteiger partial charge on any atom is 0.0201 e. The Kier molecular flexibility index (Phi) is 5.51. The molecule has 0 radical (unpaired) electrons. The van der Waals surface area contributed by atoms with Crippen molar-refractivity contribution in [2.75, 3.05) is 12.3 Å². The highest BCUT2D eigenvalue weighted by atomic mass is 32.2. The van der Waals surface area contributed by atoms with Crippen LogP contribution in [-0.2, 0) is 0 Å². The average molecular weight is 241 g/mol.